The van der Waals surface area contributed by atoms with E-state index in [9.17, 15) is 9.59 Å². The first-order valence-electron chi connectivity index (χ1n) is 11.7. The molecule has 0 radical (unpaired) electrons. The summed E-state index contributed by atoms with van der Waals surface area (Å²) >= 11 is 2.55. The molecule has 4 aromatic carbocycles. The number of fused-ring (bicyclic) bond motifs is 1. The second kappa shape index (κ2) is 10.7. The molecule has 0 amide bonds. The highest BCUT2D eigenvalue weighted by Crippen LogP contribution is 2.57. The summed E-state index contributed by atoms with van der Waals surface area (Å²) in [6, 6.07) is 30.7. The molecular weight excluding hydrogens is 500 g/mol. The topological polar surface area (TPSA) is 52.6 Å². The van der Waals surface area contributed by atoms with E-state index in [2.05, 4.69) is 43.3 Å². The quantitative estimate of drug-likeness (QED) is 0.249. The molecule has 0 saturated heterocycles. The van der Waals surface area contributed by atoms with Gasteiger partial charge in [0.2, 0.25) is 0 Å². The predicted octanol–water partition coefficient (Wildman–Crippen LogP) is 7.75. The van der Waals surface area contributed by atoms with Crippen LogP contribution in [0.4, 0.5) is 0 Å². The van der Waals surface area contributed by atoms with Crippen molar-refractivity contribution in [2.45, 2.75) is 16.7 Å². The molecule has 0 N–H and O–H groups in total. The van der Waals surface area contributed by atoms with Crippen molar-refractivity contribution in [2.24, 2.45) is 0 Å². The van der Waals surface area contributed by atoms with Gasteiger partial charge in [-0.05, 0) is 40.3 Å². The van der Waals surface area contributed by atoms with E-state index in [0.717, 1.165) is 48.7 Å². The Morgan fingerprint density at radius 1 is 0.541 bits per heavy atom. The average Bonchev–Trinajstić information content (AvgIpc) is 2.97. The molecule has 1 heterocycles. The first-order chi connectivity index (χ1) is 18.0. The predicted molar refractivity (Wildman–Crippen MR) is 150 cm³/mol. The van der Waals surface area contributed by atoms with E-state index in [4.69, 9.17) is 9.47 Å². The molecule has 0 aliphatic carbocycles. The van der Waals surface area contributed by atoms with Crippen LogP contribution in [0.5, 0.6) is 0 Å². The minimum atomic E-state index is -0.561. The molecule has 0 fully saturated rings. The lowest BCUT2D eigenvalue weighted by Gasteiger charge is -2.29. The van der Waals surface area contributed by atoms with Gasteiger partial charge in [-0.3, -0.25) is 0 Å². The zero-order valence-corrected chi connectivity index (χ0v) is 22.2. The Morgan fingerprint density at radius 2 is 0.919 bits per heavy atom. The van der Waals surface area contributed by atoms with Crippen LogP contribution in [-0.2, 0) is 19.1 Å². The Labute approximate surface area is 224 Å². The summed E-state index contributed by atoms with van der Waals surface area (Å²) in [5, 5.41) is 0. The van der Waals surface area contributed by atoms with Gasteiger partial charge >= 0.3 is 11.9 Å². The summed E-state index contributed by atoms with van der Waals surface area (Å²) in [4.78, 5) is 28.0. The maximum absolute atomic E-state index is 12.9. The second-order valence-corrected chi connectivity index (χ2v) is 10.4. The number of methoxy groups -OCH3 is 2. The largest absolute Gasteiger partial charge is 0.465 e. The lowest BCUT2D eigenvalue weighted by atomic mass is 9.85. The van der Waals surface area contributed by atoms with Gasteiger partial charge in [-0.25, -0.2) is 9.59 Å². The third-order valence-electron chi connectivity index (χ3n) is 6.19. The second-order valence-electron chi connectivity index (χ2n) is 8.35. The summed E-state index contributed by atoms with van der Waals surface area (Å²) in [6.07, 6.45) is 0. The van der Waals surface area contributed by atoms with Crippen LogP contribution < -0.4 is 0 Å². The number of carbonyl (C=O) groups excluding carboxylic acids is 2. The first kappa shape index (κ1) is 24.9. The number of esters is 2. The van der Waals surface area contributed by atoms with Gasteiger partial charge in [-0.2, -0.15) is 0 Å². The summed E-state index contributed by atoms with van der Waals surface area (Å²) < 4.78 is 10.1. The molecule has 0 saturated carbocycles. The van der Waals surface area contributed by atoms with Crippen LogP contribution in [0.2, 0.25) is 0 Å². The number of ether oxygens (including phenoxy) is 2. The number of hydrogen-bond donors (Lipinski definition) is 0. The summed E-state index contributed by atoms with van der Waals surface area (Å²) in [7, 11) is 2.64. The van der Waals surface area contributed by atoms with Gasteiger partial charge in [0, 0.05) is 15.4 Å². The number of rotatable bonds is 5. The van der Waals surface area contributed by atoms with Crippen LogP contribution in [0, 0.1) is 6.92 Å². The third kappa shape index (κ3) is 4.59. The van der Waals surface area contributed by atoms with Crippen LogP contribution in [0.1, 0.15) is 5.56 Å². The van der Waals surface area contributed by atoms with Crippen molar-refractivity contribution >= 4 is 35.5 Å². The summed E-state index contributed by atoms with van der Waals surface area (Å²) in [6.45, 7) is 2.08. The highest BCUT2D eigenvalue weighted by Gasteiger charge is 2.35. The maximum atomic E-state index is 12.9. The van der Waals surface area contributed by atoms with Crippen molar-refractivity contribution in [3.63, 3.8) is 0 Å². The zero-order chi connectivity index (χ0) is 25.9. The van der Waals surface area contributed by atoms with E-state index in [1.165, 1.54) is 37.7 Å². The fraction of sp³-hybridized carbons (Fsp3) is 0.0968. The van der Waals surface area contributed by atoms with Crippen LogP contribution in [0.15, 0.2) is 111 Å². The monoisotopic (exact) mass is 524 g/mol. The van der Waals surface area contributed by atoms with Crippen molar-refractivity contribution in [3.8, 4) is 33.4 Å². The molecule has 5 rings (SSSR count). The van der Waals surface area contributed by atoms with Gasteiger partial charge in [0.15, 0.2) is 0 Å². The van der Waals surface area contributed by atoms with Crippen LogP contribution in [0.25, 0.3) is 33.4 Å². The van der Waals surface area contributed by atoms with Crippen molar-refractivity contribution in [1.82, 2.24) is 0 Å². The van der Waals surface area contributed by atoms with Gasteiger partial charge in [-0.15, -0.1) is 0 Å². The molecule has 184 valence electrons. The molecule has 37 heavy (non-hydrogen) atoms. The van der Waals surface area contributed by atoms with Gasteiger partial charge in [0.1, 0.15) is 9.81 Å². The number of benzene rings is 4. The first-order valence-corrected chi connectivity index (χ1v) is 13.3. The molecule has 1 aliphatic rings. The van der Waals surface area contributed by atoms with E-state index in [1.54, 1.807) is 0 Å². The Morgan fingerprint density at radius 3 is 1.35 bits per heavy atom. The van der Waals surface area contributed by atoms with Crippen molar-refractivity contribution in [1.29, 1.82) is 0 Å². The molecule has 0 bridgehead atoms. The van der Waals surface area contributed by atoms with E-state index in [0.29, 0.717) is 0 Å². The lowest BCUT2D eigenvalue weighted by Crippen LogP contribution is -2.15. The zero-order valence-electron chi connectivity index (χ0n) is 20.6. The number of hydrogen-bond acceptors (Lipinski definition) is 6. The Bertz CT molecular complexity index is 1510. The van der Waals surface area contributed by atoms with Crippen molar-refractivity contribution in [3.05, 3.63) is 106 Å². The molecule has 0 unspecified atom stereocenters. The standard InChI is InChI=1S/C31H24O4S2/c1-19-23(20-13-7-4-8-14-20)24(21-15-9-5-10-16-21)25(22-17-11-6-12-18-22)27-26(19)36-28(30(32)34-2)29(37-27)31(33)35-3/h4-18H,1-3H3. The summed E-state index contributed by atoms with van der Waals surface area (Å²) in [5.74, 6) is -1.12. The minimum Gasteiger partial charge on any atom is -0.465 e. The average molecular weight is 525 g/mol. The van der Waals surface area contributed by atoms with Crippen molar-refractivity contribution in [2.75, 3.05) is 14.2 Å². The summed E-state index contributed by atoms with van der Waals surface area (Å²) in [5.41, 5.74) is 7.37. The molecule has 6 heteroatoms. The van der Waals surface area contributed by atoms with E-state index in [-0.39, 0.29) is 9.81 Å². The van der Waals surface area contributed by atoms with Crippen LogP contribution in [-0.4, -0.2) is 26.2 Å². The molecule has 4 nitrogen and oxygen atoms in total. The molecule has 0 spiro atoms. The van der Waals surface area contributed by atoms with Gasteiger partial charge in [0.25, 0.3) is 0 Å². The molecule has 0 atom stereocenters. The van der Waals surface area contributed by atoms with E-state index < -0.39 is 11.9 Å². The van der Waals surface area contributed by atoms with Crippen molar-refractivity contribution < 1.29 is 19.1 Å². The maximum Gasteiger partial charge on any atom is 0.346 e. The number of carbonyl (C=O) groups is 2. The highest BCUT2D eigenvalue weighted by atomic mass is 32.2. The number of thioether (sulfide) groups is 2. The highest BCUT2D eigenvalue weighted by molar-refractivity contribution is 8.10. The van der Waals surface area contributed by atoms with Gasteiger partial charge in [-0.1, -0.05) is 115 Å². The Hall–Kier alpha value is -3.74. The molecule has 4 aromatic rings. The lowest BCUT2D eigenvalue weighted by molar-refractivity contribution is -0.138. The van der Waals surface area contributed by atoms with Crippen LogP contribution >= 0.6 is 23.5 Å². The smallest absolute Gasteiger partial charge is 0.346 e. The van der Waals surface area contributed by atoms with E-state index in [1.807, 2.05) is 54.6 Å². The minimum absolute atomic E-state index is 0.231. The molecule has 1 aliphatic heterocycles. The SMILES string of the molecule is COC(=O)C1=C(C(=O)OC)Sc2c(c(C)c(-c3ccccc3)c(-c3ccccc3)c2-c2ccccc2)S1. The molecular formula is C31H24O4S2. The molecule has 0 aromatic heterocycles. The third-order valence-corrected chi connectivity index (χ3v) is 8.93. The fourth-order valence-corrected chi connectivity index (χ4v) is 7.15. The van der Waals surface area contributed by atoms with Gasteiger partial charge < -0.3 is 9.47 Å². The normalized spacial score (nSPS) is 12.6. The van der Waals surface area contributed by atoms with Gasteiger partial charge in [0.05, 0.1) is 14.2 Å². The van der Waals surface area contributed by atoms with E-state index >= 15 is 0 Å². The Balaban J connectivity index is 1.93. The fourth-order valence-electron chi connectivity index (χ4n) is 4.53. The Kier molecular flexibility index (Phi) is 7.22. The van der Waals surface area contributed by atoms with Crippen LogP contribution in [0.3, 0.4) is 0 Å².